The number of carbonyl (C=O) groups excluding carboxylic acids is 1. The Bertz CT molecular complexity index is 978. The second kappa shape index (κ2) is 7.61. The van der Waals surface area contributed by atoms with Gasteiger partial charge in [0.25, 0.3) is 0 Å². The summed E-state index contributed by atoms with van der Waals surface area (Å²) < 4.78 is 6.69. The quantitative estimate of drug-likeness (QED) is 0.650. The Hall–Kier alpha value is -2.52. The van der Waals surface area contributed by atoms with E-state index in [9.17, 15) is 4.79 Å². The highest BCUT2D eigenvalue weighted by Crippen LogP contribution is 2.34. The van der Waals surface area contributed by atoms with Gasteiger partial charge in [0.05, 0.1) is 24.7 Å². The Morgan fingerprint density at radius 3 is 2.70 bits per heavy atom. The fourth-order valence-corrected chi connectivity index (χ4v) is 4.21. The minimum atomic E-state index is -0.347. The van der Waals surface area contributed by atoms with Crippen LogP contribution in [0.5, 0.6) is 0 Å². The molecule has 0 aliphatic carbocycles. The van der Waals surface area contributed by atoms with E-state index in [0.717, 1.165) is 27.2 Å². The highest BCUT2D eigenvalue weighted by atomic mass is 32.1. The van der Waals surface area contributed by atoms with Crippen LogP contribution in [0.4, 0.5) is 5.82 Å². The summed E-state index contributed by atoms with van der Waals surface area (Å²) in [5.41, 5.74) is 1.96. The van der Waals surface area contributed by atoms with Crippen LogP contribution in [0.1, 0.15) is 32.7 Å². The first-order chi connectivity index (χ1) is 12.8. The van der Waals surface area contributed by atoms with Crippen molar-refractivity contribution in [2.75, 3.05) is 33.1 Å². The van der Waals surface area contributed by atoms with Gasteiger partial charge in [-0.15, -0.1) is 11.3 Å². The Kier molecular flexibility index (Phi) is 5.43. The monoisotopic (exact) mass is 388 g/mol. The van der Waals surface area contributed by atoms with E-state index in [1.807, 2.05) is 47.4 Å². The Balaban J connectivity index is 1.96. The summed E-state index contributed by atoms with van der Waals surface area (Å²) in [6.45, 7) is 4.40. The summed E-state index contributed by atoms with van der Waals surface area (Å²) in [7, 11) is 7.36. The Morgan fingerprint density at radius 2 is 2.11 bits per heavy atom. The molecule has 0 amide bonds. The van der Waals surface area contributed by atoms with E-state index >= 15 is 0 Å². The van der Waals surface area contributed by atoms with Crippen molar-refractivity contribution in [1.82, 2.24) is 24.6 Å². The van der Waals surface area contributed by atoms with Gasteiger partial charge in [0.1, 0.15) is 21.3 Å². The average Bonchev–Trinajstić information content (AvgIpc) is 3.17. The molecule has 8 nitrogen and oxygen atoms in total. The van der Waals surface area contributed by atoms with Crippen LogP contribution >= 0.6 is 11.3 Å². The molecule has 3 aromatic rings. The number of carbonyl (C=O) groups is 1. The van der Waals surface area contributed by atoms with Crippen molar-refractivity contribution in [3.63, 3.8) is 0 Å². The maximum Gasteiger partial charge on any atom is 0.348 e. The number of likely N-dealkylation sites (N-methyl/N-ethyl adjacent to an activating group) is 1. The number of esters is 1. The molecule has 0 radical (unpaired) electrons. The predicted molar refractivity (Wildman–Crippen MR) is 106 cm³/mol. The second-order valence-electron chi connectivity index (χ2n) is 6.65. The lowest BCUT2D eigenvalue weighted by Crippen LogP contribution is -2.27. The van der Waals surface area contributed by atoms with Crippen LogP contribution in [0.2, 0.25) is 0 Å². The molecule has 1 atom stereocenters. The van der Waals surface area contributed by atoms with Crippen LogP contribution in [0.25, 0.3) is 10.2 Å². The number of thiophene rings is 1. The first kappa shape index (κ1) is 19.2. The van der Waals surface area contributed by atoms with Crippen molar-refractivity contribution in [3.05, 3.63) is 34.2 Å². The fraction of sp³-hybridized carbons (Fsp3) is 0.444. The zero-order valence-electron chi connectivity index (χ0n) is 16.4. The van der Waals surface area contributed by atoms with Gasteiger partial charge in [0.2, 0.25) is 0 Å². The minimum absolute atomic E-state index is 0.128. The van der Waals surface area contributed by atoms with Crippen LogP contribution < -0.4 is 5.32 Å². The van der Waals surface area contributed by atoms with Crippen LogP contribution in [-0.4, -0.2) is 58.4 Å². The molecule has 0 aromatic carbocycles. The third kappa shape index (κ3) is 3.79. The lowest BCUT2D eigenvalue weighted by molar-refractivity contribution is 0.0605. The van der Waals surface area contributed by atoms with Crippen LogP contribution in [0.15, 0.2) is 12.4 Å². The molecule has 27 heavy (non-hydrogen) atoms. The maximum atomic E-state index is 12.0. The fourth-order valence-electron chi connectivity index (χ4n) is 3.06. The number of hydrogen-bond acceptors (Lipinski definition) is 8. The van der Waals surface area contributed by atoms with Gasteiger partial charge in [-0.2, -0.15) is 5.10 Å². The SMILES string of the molecule is COC(=O)c1sc2nc(C)nc(NCC(c3cnn(C)c3)N(C)C)c2c1C. The number of nitrogens with zero attached hydrogens (tertiary/aromatic N) is 5. The number of hydrogen-bond donors (Lipinski definition) is 1. The average molecular weight is 388 g/mol. The molecule has 0 aliphatic rings. The van der Waals surface area contributed by atoms with Gasteiger partial charge < -0.3 is 15.0 Å². The molecule has 0 aliphatic heterocycles. The van der Waals surface area contributed by atoms with Gasteiger partial charge in [-0.3, -0.25) is 4.68 Å². The van der Waals surface area contributed by atoms with E-state index in [4.69, 9.17) is 4.74 Å². The van der Waals surface area contributed by atoms with E-state index < -0.39 is 0 Å². The minimum Gasteiger partial charge on any atom is -0.465 e. The number of fused-ring (bicyclic) bond motifs is 1. The van der Waals surface area contributed by atoms with Crippen molar-refractivity contribution >= 4 is 33.3 Å². The highest BCUT2D eigenvalue weighted by Gasteiger charge is 2.22. The molecule has 0 fully saturated rings. The second-order valence-corrected chi connectivity index (χ2v) is 7.65. The normalized spacial score (nSPS) is 12.6. The Labute approximate surface area is 162 Å². The first-order valence-corrected chi connectivity index (χ1v) is 9.38. The van der Waals surface area contributed by atoms with Crippen molar-refractivity contribution in [2.45, 2.75) is 19.9 Å². The number of ether oxygens (including phenoxy) is 1. The predicted octanol–water partition coefficient (Wildman–Crippen LogP) is 2.54. The third-order valence-electron chi connectivity index (χ3n) is 4.47. The summed E-state index contributed by atoms with van der Waals surface area (Å²) in [5, 5.41) is 8.60. The molecule has 144 valence electrons. The number of rotatable bonds is 6. The summed E-state index contributed by atoms with van der Waals surface area (Å²) in [6.07, 6.45) is 3.89. The first-order valence-electron chi connectivity index (χ1n) is 8.56. The van der Waals surface area contributed by atoms with Crippen LogP contribution in [-0.2, 0) is 11.8 Å². The zero-order valence-corrected chi connectivity index (χ0v) is 17.2. The standard InChI is InChI=1S/C18H24N6O2S/c1-10-14-16(19-8-13(23(3)4)12-7-20-24(5)9-12)21-11(2)22-17(14)27-15(10)18(25)26-6/h7,9,13H,8H2,1-6H3,(H,19,21,22). The van der Waals surface area contributed by atoms with E-state index in [0.29, 0.717) is 17.2 Å². The molecule has 1 N–H and O–H groups in total. The van der Waals surface area contributed by atoms with Crippen molar-refractivity contribution < 1.29 is 9.53 Å². The number of nitrogens with one attached hydrogen (secondary N) is 1. The number of aryl methyl sites for hydroxylation is 3. The summed E-state index contributed by atoms with van der Waals surface area (Å²) in [6, 6.07) is 0.128. The maximum absolute atomic E-state index is 12.0. The molecule has 0 saturated carbocycles. The smallest absolute Gasteiger partial charge is 0.348 e. The van der Waals surface area contributed by atoms with E-state index in [1.54, 1.807) is 4.68 Å². The largest absolute Gasteiger partial charge is 0.465 e. The van der Waals surface area contributed by atoms with Gasteiger partial charge in [-0.05, 0) is 33.5 Å². The molecular formula is C18H24N6O2S. The zero-order chi connectivity index (χ0) is 19.7. The van der Waals surface area contributed by atoms with Crippen molar-refractivity contribution in [1.29, 1.82) is 0 Å². The summed E-state index contributed by atoms with van der Waals surface area (Å²) in [5.74, 6) is 1.04. The molecule has 9 heteroatoms. The molecule has 3 heterocycles. The topological polar surface area (TPSA) is 85.2 Å². The van der Waals surface area contributed by atoms with Gasteiger partial charge in [-0.1, -0.05) is 0 Å². The number of anilines is 1. The number of aromatic nitrogens is 4. The molecule has 3 aromatic heterocycles. The summed E-state index contributed by atoms with van der Waals surface area (Å²) in [4.78, 5) is 24.6. The number of methoxy groups -OCH3 is 1. The van der Waals surface area contributed by atoms with E-state index in [-0.39, 0.29) is 12.0 Å². The molecule has 0 bridgehead atoms. The highest BCUT2D eigenvalue weighted by molar-refractivity contribution is 7.20. The lowest BCUT2D eigenvalue weighted by Gasteiger charge is -2.24. The van der Waals surface area contributed by atoms with Crippen LogP contribution in [0.3, 0.4) is 0 Å². The van der Waals surface area contributed by atoms with Gasteiger partial charge >= 0.3 is 5.97 Å². The van der Waals surface area contributed by atoms with Crippen molar-refractivity contribution in [3.8, 4) is 0 Å². The molecular weight excluding hydrogens is 364 g/mol. The summed E-state index contributed by atoms with van der Waals surface area (Å²) >= 11 is 1.34. The molecule has 3 rings (SSSR count). The van der Waals surface area contributed by atoms with Gasteiger partial charge in [0, 0.05) is 25.4 Å². The van der Waals surface area contributed by atoms with E-state index in [2.05, 4.69) is 25.3 Å². The Morgan fingerprint density at radius 1 is 1.37 bits per heavy atom. The third-order valence-corrected chi connectivity index (χ3v) is 5.63. The van der Waals surface area contributed by atoms with E-state index in [1.165, 1.54) is 18.4 Å². The van der Waals surface area contributed by atoms with Gasteiger partial charge in [0.15, 0.2) is 0 Å². The van der Waals surface area contributed by atoms with Gasteiger partial charge in [-0.25, -0.2) is 14.8 Å². The lowest BCUT2D eigenvalue weighted by atomic mass is 10.1. The molecule has 0 spiro atoms. The molecule has 0 saturated heterocycles. The van der Waals surface area contributed by atoms with Crippen molar-refractivity contribution in [2.24, 2.45) is 7.05 Å². The molecule has 1 unspecified atom stereocenters. The van der Waals surface area contributed by atoms with Crippen LogP contribution in [0, 0.1) is 13.8 Å².